The lowest BCUT2D eigenvalue weighted by Gasteiger charge is -2.31. The Labute approximate surface area is 149 Å². The first-order chi connectivity index (χ1) is 12.1. The monoisotopic (exact) mass is 370 g/mol. The molecule has 1 heterocycles. The van der Waals surface area contributed by atoms with E-state index in [0.717, 1.165) is 0 Å². The van der Waals surface area contributed by atoms with Gasteiger partial charge in [0.25, 0.3) is 0 Å². The van der Waals surface area contributed by atoms with Gasteiger partial charge >= 0.3 is 5.97 Å². The Morgan fingerprint density at radius 3 is 2.38 bits per heavy atom. The third kappa shape index (κ3) is 2.81. The summed E-state index contributed by atoms with van der Waals surface area (Å²) >= 11 is 0. The van der Waals surface area contributed by atoms with Crippen LogP contribution >= 0.6 is 0 Å². The lowest BCUT2D eigenvalue weighted by atomic mass is 10.00. The number of likely N-dealkylation sites (tertiary alicyclic amines) is 1. The number of rotatable bonds is 5. The molecule has 26 heavy (non-hydrogen) atoms. The number of halogens is 3. The fraction of sp³-hybridized carbons (Fsp3) is 0.556. The number of nitrogens with one attached hydrogen (secondary N) is 1. The Morgan fingerprint density at radius 1 is 1.31 bits per heavy atom. The van der Waals surface area contributed by atoms with Gasteiger partial charge < -0.3 is 15.3 Å². The number of carbonyl (C=O) groups excluding carboxylic acids is 1. The van der Waals surface area contributed by atoms with E-state index in [1.54, 1.807) is 6.92 Å². The summed E-state index contributed by atoms with van der Waals surface area (Å²) in [7, 11) is 0. The van der Waals surface area contributed by atoms with Crippen LogP contribution in [0.15, 0.2) is 12.1 Å². The van der Waals surface area contributed by atoms with Crippen molar-refractivity contribution < 1.29 is 27.9 Å². The molecule has 1 saturated heterocycles. The number of piperidine rings is 1. The van der Waals surface area contributed by atoms with E-state index >= 15 is 0 Å². The van der Waals surface area contributed by atoms with Gasteiger partial charge in [0.1, 0.15) is 23.6 Å². The number of fused-ring (bicyclic) bond motifs is 1. The molecule has 1 saturated carbocycles. The maximum absolute atomic E-state index is 13.9. The molecule has 142 valence electrons. The van der Waals surface area contributed by atoms with Crippen LogP contribution in [-0.4, -0.2) is 40.5 Å². The SMILES string of the molecule is CCC(Nc1c(F)cc(F)cc1F)C(=O)N1C[C@H]2[C@@H]([C@H]1C(=O)O)C2(C)C. The quantitative estimate of drug-likeness (QED) is 0.836. The Balaban J connectivity index is 1.81. The highest BCUT2D eigenvalue weighted by molar-refractivity contribution is 5.90. The third-order valence-electron chi connectivity index (χ3n) is 5.78. The van der Waals surface area contributed by atoms with Gasteiger partial charge in [-0.2, -0.15) is 0 Å². The van der Waals surface area contributed by atoms with E-state index in [2.05, 4.69) is 5.32 Å². The van der Waals surface area contributed by atoms with Crippen LogP contribution in [0.1, 0.15) is 27.2 Å². The fourth-order valence-electron chi connectivity index (χ4n) is 4.19. The van der Waals surface area contributed by atoms with Gasteiger partial charge in [-0.05, 0) is 17.8 Å². The molecule has 1 unspecified atom stereocenters. The normalized spacial score (nSPS) is 27.0. The average molecular weight is 370 g/mol. The first-order valence-corrected chi connectivity index (χ1v) is 8.54. The van der Waals surface area contributed by atoms with E-state index in [4.69, 9.17) is 0 Å². The number of hydrogen-bond donors (Lipinski definition) is 2. The number of hydrogen-bond acceptors (Lipinski definition) is 3. The summed E-state index contributed by atoms with van der Waals surface area (Å²) in [6.45, 7) is 5.89. The van der Waals surface area contributed by atoms with E-state index in [0.29, 0.717) is 18.7 Å². The van der Waals surface area contributed by atoms with Gasteiger partial charge in [0.05, 0.1) is 0 Å². The van der Waals surface area contributed by atoms with Gasteiger partial charge in [-0.25, -0.2) is 18.0 Å². The topological polar surface area (TPSA) is 69.6 Å². The van der Waals surface area contributed by atoms with E-state index < -0.39 is 47.1 Å². The molecule has 1 aromatic rings. The highest BCUT2D eigenvalue weighted by Gasteiger charge is 2.69. The molecule has 1 aromatic carbocycles. The Morgan fingerprint density at radius 2 is 1.88 bits per heavy atom. The zero-order chi connectivity index (χ0) is 19.4. The van der Waals surface area contributed by atoms with E-state index in [1.165, 1.54) is 4.90 Å². The zero-order valence-electron chi connectivity index (χ0n) is 14.7. The molecule has 0 spiro atoms. The first-order valence-electron chi connectivity index (χ1n) is 8.54. The predicted octanol–water partition coefficient (Wildman–Crippen LogP) is 2.86. The molecule has 2 N–H and O–H groups in total. The molecule has 1 aliphatic heterocycles. The summed E-state index contributed by atoms with van der Waals surface area (Å²) in [5.41, 5.74) is -0.729. The number of carbonyl (C=O) groups is 2. The number of amides is 1. The standard InChI is InChI=1S/C18H21F3N2O3/c1-4-12(22-14-10(20)5-8(19)6-11(14)21)16(24)23-7-9-13(18(9,2)3)15(23)17(25)26/h5-6,9,12-13,15,22H,4,7H2,1-3H3,(H,25,26)/t9-,12?,13-,15-/m0/s1. The van der Waals surface area contributed by atoms with E-state index in [-0.39, 0.29) is 23.7 Å². The van der Waals surface area contributed by atoms with Crippen molar-refractivity contribution in [3.05, 3.63) is 29.6 Å². The minimum atomic E-state index is -1.14. The molecular formula is C18H21F3N2O3. The van der Waals surface area contributed by atoms with E-state index in [9.17, 15) is 27.9 Å². The van der Waals surface area contributed by atoms with Crippen molar-refractivity contribution in [1.29, 1.82) is 0 Å². The summed E-state index contributed by atoms with van der Waals surface area (Å²) in [5.74, 6) is -4.97. The lowest BCUT2D eigenvalue weighted by molar-refractivity contribution is -0.150. The molecular weight excluding hydrogens is 349 g/mol. The van der Waals surface area contributed by atoms with Gasteiger partial charge in [0, 0.05) is 24.6 Å². The van der Waals surface area contributed by atoms with Crippen LogP contribution in [0, 0.1) is 34.7 Å². The van der Waals surface area contributed by atoms with Crippen LogP contribution < -0.4 is 5.32 Å². The lowest BCUT2D eigenvalue weighted by Crippen LogP contribution is -2.51. The molecule has 3 rings (SSSR count). The number of benzene rings is 1. The number of anilines is 1. The first kappa shape index (κ1) is 18.5. The Bertz CT molecular complexity index is 745. The molecule has 8 heteroatoms. The van der Waals surface area contributed by atoms with Gasteiger partial charge in [-0.15, -0.1) is 0 Å². The highest BCUT2D eigenvalue weighted by atomic mass is 19.1. The predicted molar refractivity (Wildman–Crippen MR) is 87.9 cm³/mol. The Hall–Kier alpha value is -2.25. The van der Waals surface area contributed by atoms with Crippen molar-refractivity contribution >= 4 is 17.6 Å². The number of nitrogens with zero attached hydrogens (tertiary/aromatic N) is 1. The second kappa shape index (κ2) is 6.17. The molecule has 0 bridgehead atoms. The summed E-state index contributed by atoms with van der Waals surface area (Å²) in [6.07, 6.45) is 0.191. The number of carboxylic acid groups (broad SMARTS) is 1. The van der Waals surface area contributed by atoms with Gasteiger partial charge in [-0.1, -0.05) is 20.8 Å². The molecule has 0 radical (unpaired) electrons. The van der Waals surface area contributed by atoms with Crippen molar-refractivity contribution in [2.75, 3.05) is 11.9 Å². The highest BCUT2D eigenvalue weighted by Crippen LogP contribution is 2.64. The van der Waals surface area contributed by atoms with Crippen molar-refractivity contribution in [3.8, 4) is 0 Å². The van der Waals surface area contributed by atoms with Crippen molar-refractivity contribution in [1.82, 2.24) is 4.90 Å². The summed E-state index contributed by atoms with van der Waals surface area (Å²) in [5, 5.41) is 12.0. The van der Waals surface area contributed by atoms with Gasteiger partial charge in [0.15, 0.2) is 11.6 Å². The average Bonchev–Trinajstić information content (AvgIpc) is 2.92. The van der Waals surface area contributed by atoms with E-state index in [1.807, 2.05) is 13.8 Å². The van der Waals surface area contributed by atoms with Crippen LogP contribution in [-0.2, 0) is 9.59 Å². The van der Waals surface area contributed by atoms with Crippen molar-refractivity contribution in [3.63, 3.8) is 0 Å². The molecule has 1 amide bonds. The molecule has 0 aromatic heterocycles. The maximum atomic E-state index is 13.9. The molecule has 1 aliphatic carbocycles. The van der Waals surface area contributed by atoms with Crippen molar-refractivity contribution in [2.24, 2.45) is 17.3 Å². The summed E-state index contributed by atoms with van der Waals surface area (Å²) in [4.78, 5) is 25.8. The fourth-order valence-corrected chi connectivity index (χ4v) is 4.19. The largest absolute Gasteiger partial charge is 0.480 e. The zero-order valence-corrected chi connectivity index (χ0v) is 14.7. The van der Waals surface area contributed by atoms with Crippen LogP contribution in [0.3, 0.4) is 0 Å². The van der Waals surface area contributed by atoms with Crippen LogP contribution in [0.2, 0.25) is 0 Å². The number of carboxylic acids is 1. The van der Waals surface area contributed by atoms with Crippen LogP contribution in [0.25, 0.3) is 0 Å². The van der Waals surface area contributed by atoms with Gasteiger partial charge in [-0.3, -0.25) is 4.79 Å². The molecule has 4 atom stereocenters. The van der Waals surface area contributed by atoms with Crippen molar-refractivity contribution in [2.45, 2.75) is 39.3 Å². The number of aliphatic carboxylic acids is 1. The molecule has 5 nitrogen and oxygen atoms in total. The summed E-state index contributed by atoms with van der Waals surface area (Å²) < 4.78 is 40.8. The smallest absolute Gasteiger partial charge is 0.326 e. The molecule has 2 fully saturated rings. The minimum absolute atomic E-state index is 0.101. The third-order valence-corrected chi connectivity index (χ3v) is 5.78. The second-order valence-electron chi connectivity index (χ2n) is 7.58. The van der Waals surface area contributed by atoms with Gasteiger partial charge in [0.2, 0.25) is 5.91 Å². The maximum Gasteiger partial charge on any atom is 0.326 e. The second-order valence-corrected chi connectivity index (χ2v) is 7.58. The minimum Gasteiger partial charge on any atom is -0.480 e. The molecule has 2 aliphatic rings. The van der Waals surface area contributed by atoms with Crippen LogP contribution in [0.5, 0.6) is 0 Å². The van der Waals surface area contributed by atoms with Crippen LogP contribution in [0.4, 0.5) is 18.9 Å². The Kier molecular flexibility index (Phi) is 4.40. The summed E-state index contributed by atoms with van der Waals surface area (Å²) in [6, 6.07) is -0.903.